The molecular weight excluding hydrogens is 596 g/mol. The molecule has 0 aliphatic carbocycles. The number of ether oxygens (including phenoxy) is 1. The number of fused-ring (bicyclic) bond motifs is 1. The van der Waals surface area contributed by atoms with Crippen LogP contribution in [0.2, 0.25) is 0 Å². The molecule has 0 spiro atoms. The molecule has 2 N–H and O–H groups in total. The topological polar surface area (TPSA) is 101 Å². The second-order valence-corrected chi connectivity index (χ2v) is 12.1. The molecule has 1 atom stereocenters. The van der Waals surface area contributed by atoms with Gasteiger partial charge in [0.05, 0.1) is 5.52 Å². The number of benzene rings is 5. The third-order valence-corrected chi connectivity index (χ3v) is 9.22. The Hall–Kier alpha value is -5.86. The van der Waals surface area contributed by atoms with E-state index in [-0.39, 0.29) is 6.23 Å². The summed E-state index contributed by atoms with van der Waals surface area (Å²) in [6.45, 7) is 0.698. The number of amides is 1. The van der Waals surface area contributed by atoms with E-state index in [1.54, 1.807) is 12.1 Å². The minimum atomic E-state index is -0.775. The van der Waals surface area contributed by atoms with Crippen LogP contribution in [0.15, 0.2) is 140 Å². The van der Waals surface area contributed by atoms with Crippen LogP contribution in [0, 0.1) is 0 Å². The third-order valence-electron chi connectivity index (χ3n) is 9.22. The van der Waals surface area contributed by atoms with Gasteiger partial charge in [-0.1, -0.05) is 103 Å². The van der Waals surface area contributed by atoms with Crippen LogP contribution in [0.1, 0.15) is 52.5 Å². The second-order valence-electron chi connectivity index (χ2n) is 12.1. The first-order chi connectivity index (χ1) is 23.6. The molecule has 236 valence electrons. The molecule has 5 aromatic carbocycles. The Morgan fingerprint density at radius 1 is 0.729 bits per heavy atom. The maximum Gasteiger partial charge on any atom is 0.248 e. The highest BCUT2D eigenvalue weighted by atomic mass is 16.5. The van der Waals surface area contributed by atoms with Crippen molar-refractivity contribution in [2.75, 3.05) is 6.61 Å². The van der Waals surface area contributed by atoms with E-state index < -0.39 is 11.4 Å². The molecule has 1 aliphatic heterocycles. The molecule has 8 nitrogen and oxygen atoms in total. The van der Waals surface area contributed by atoms with Gasteiger partial charge in [0.1, 0.15) is 17.6 Å². The minimum absolute atomic E-state index is 0.166. The van der Waals surface area contributed by atoms with E-state index >= 15 is 0 Å². The molecule has 1 fully saturated rings. The lowest BCUT2D eigenvalue weighted by molar-refractivity contribution is -0.0365. The van der Waals surface area contributed by atoms with Crippen LogP contribution in [-0.4, -0.2) is 37.1 Å². The summed E-state index contributed by atoms with van der Waals surface area (Å²) in [6, 6.07) is 44.8. The first-order valence-electron chi connectivity index (χ1n) is 16.3. The van der Waals surface area contributed by atoms with Gasteiger partial charge in [-0.3, -0.25) is 4.79 Å². The van der Waals surface area contributed by atoms with Crippen molar-refractivity contribution in [3.8, 4) is 22.6 Å². The van der Waals surface area contributed by atoms with Gasteiger partial charge in [0.15, 0.2) is 12.1 Å². The summed E-state index contributed by atoms with van der Waals surface area (Å²) >= 11 is 0. The molecule has 1 saturated heterocycles. The Morgan fingerprint density at radius 3 is 2.00 bits per heavy atom. The van der Waals surface area contributed by atoms with Gasteiger partial charge in [-0.25, -0.2) is 14.3 Å². The molecule has 48 heavy (non-hydrogen) atoms. The fraction of sp³-hybridized carbons (Fsp3) is 0.150. The van der Waals surface area contributed by atoms with Crippen molar-refractivity contribution in [3.63, 3.8) is 0 Å². The fourth-order valence-electron chi connectivity index (χ4n) is 6.94. The molecule has 7 aromatic rings. The smallest absolute Gasteiger partial charge is 0.248 e. The van der Waals surface area contributed by atoms with Crippen molar-refractivity contribution in [3.05, 3.63) is 162 Å². The summed E-state index contributed by atoms with van der Waals surface area (Å²) < 4.78 is 10.1. The van der Waals surface area contributed by atoms with Crippen LogP contribution in [0.5, 0.6) is 0 Å². The predicted octanol–water partition coefficient (Wildman–Crippen LogP) is 7.60. The highest BCUT2D eigenvalue weighted by Gasteiger charge is 2.39. The molecule has 8 heteroatoms. The first kappa shape index (κ1) is 29.5. The summed E-state index contributed by atoms with van der Waals surface area (Å²) in [5, 5.41) is 11.2. The molecule has 1 amide bonds. The number of rotatable bonds is 8. The Kier molecular flexibility index (Phi) is 7.62. The van der Waals surface area contributed by atoms with Crippen LogP contribution in [0.4, 0.5) is 0 Å². The van der Waals surface area contributed by atoms with Crippen LogP contribution in [0.25, 0.3) is 33.5 Å². The van der Waals surface area contributed by atoms with Crippen LogP contribution >= 0.6 is 0 Å². The molecule has 0 saturated carbocycles. The Bertz CT molecular complexity index is 2110. The third kappa shape index (κ3) is 5.07. The van der Waals surface area contributed by atoms with Gasteiger partial charge < -0.3 is 10.5 Å². The average Bonchev–Trinajstić information content (AvgIpc) is 3.80. The average molecular weight is 631 g/mol. The molecule has 8 rings (SSSR count). The van der Waals surface area contributed by atoms with E-state index in [2.05, 4.69) is 84.9 Å². The molecule has 2 aromatic heterocycles. The number of primary amides is 1. The molecule has 1 unspecified atom stereocenters. The zero-order chi connectivity index (χ0) is 32.5. The lowest BCUT2D eigenvalue weighted by Crippen LogP contribution is -2.38. The number of aromatic nitrogens is 5. The van der Waals surface area contributed by atoms with E-state index in [0.717, 1.165) is 63.7 Å². The largest absolute Gasteiger partial charge is 0.366 e. The summed E-state index contributed by atoms with van der Waals surface area (Å²) in [5.41, 5.74) is 11.9. The number of hydrogen-bond donors (Lipinski definition) is 1. The van der Waals surface area contributed by atoms with Gasteiger partial charge in [-0.2, -0.15) is 5.10 Å². The van der Waals surface area contributed by atoms with Crippen LogP contribution < -0.4 is 5.73 Å². The predicted molar refractivity (Wildman–Crippen MR) is 186 cm³/mol. The SMILES string of the molecule is NC(=O)c1cccc(-c2nn(C3CCCCO3)c3ccc(-c4ncn(C(c5ccccc5)(c5ccccc5)c5ccccc5)n4)cc23)c1. The van der Waals surface area contributed by atoms with Crippen molar-refractivity contribution in [2.45, 2.75) is 31.0 Å². The molecule has 3 heterocycles. The van der Waals surface area contributed by atoms with Gasteiger partial charge in [-0.05, 0) is 66.3 Å². The Labute approximate surface area is 278 Å². The molecule has 1 aliphatic rings. The summed E-state index contributed by atoms with van der Waals surface area (Å²) in [5.74, 6) is 0.105. The van der Waals surface area contributed by atoms with E-state index in [1.807, 2.05) is 52.1 Å². The van der Waals surface area contributed by atoms with E-state index in [0.29, 0.717) is 18.0 Å². The molecule has 0 radical (unpaired) electrons. The number of hydrogen-bond acceptors (Lipinski definition) is 5. The fourth-order valence-corrected chi connectivity index (χ4v) is 6.94. The standard InChI is InChI=1S/C40H34N6O2/c41-38(47)29-14-12-13-28(25-29)37-34-26-30(22-23-35(34)46(43-37)36-21-10-11-24-48-36)39-42-27-45(44-39)40(31-15-4-1-5-16-31,32-17-6-2-7-18-32)33-19-8-3-9-20-33/h1-9,12-20,22-23,25-27,36H,10-11,21,24H2,(H2,41,47). The van der Waals surface area contributed by atoms with Crippen molar-refractivity contribution in [1.82, 2.24) is 24.5 Å². The normalized spacial score (nSPS) is 15.0. The Morgan fingerprint density at radius 2 is 1.40 bits per heavy atom. The maximum atomic E-state index is 12.1. The number of nitrogens with two attached hydrogens (primary N) is 1. The summed E-state index contributed by atoms with van der Waals surface area (Å²) in [7, 11) is 0. The molecule has 0 bridgehead atoms. The minimum Gasteiger partial charge on any atom is -0.366 e. The molecular formula is C40H34N6O2. The van der Waals surface area contributed by atoms with Gasteiger partial charge in [0.25, 0.3) is 0 Å². The van der Waals surface area contributed by atoms with Crippen LogP contribution in [0.3, 0.4) is 0 Å². The summed E-state index contributed by atoms with van der Waals surface area (Å²) in [6.07, 6.45) is 4.65. The first-order valence-corrected chi connectivity index (χ1v) is 16.3. The highest BCUT2D eigenvalue weighted by molar-refractivity contribution is 5.98. The zero-order valence-corrected chi connectivity index (χ0v) is 26.3. The monoisotopic (exact) mass is 630 g/mol. The van der Waals surface area contributed by atoms with E-state index in [9.17, 15) is 4.79 Å². The number of carbonyl (C=O) groups is 1. The maximum absolute atomic E-state index is 12.1. The van der Waals surface area contributed by atoms with Crippen LogP contribution in [-0.2, 0) is 10.3 Å². The van der Waals surface area contributed by atoms with E-state index in [1.165, 1.54) is 0 Å². The van der Waals surface area contributed by atoms with Crippen molar-refractivity contribution in [2.24, 2.45) is 5.73 Å². The van der Waals surface area contributed by atoms with Crippen molar-refractivity contribution >= 4 is 16.8 Å². The quantitative estimate of drug-likeness (QED) is 0.174. The van der Waals surface area contributed by atoms with Gasteiger partial charge in [0, 0.05) is 28.7 Å². The van der Waals surface area contributed by atoms with Gasteiger partial charge in [-0.15, -0.1) is 5.10 Å². The number of nitrogens with zero attached hydrogens (tertiary/aromatic N) is 5. The Balaban J connectivity index is 1.31. The zero-order valence-electron chi connectivity index (χ0n) is 26.3. The van der Waals surface area contributed by atoms with Crippen molar-refractivity contribution in [1.29, 1.82) is 0 Å². The summed E-state index contributed by atoms with van der Waals surface area (Å²) in [4.78, 5) is 17.0. The highest BCUT2D eigenvalue weighted by Crippen LogP contribution is 2.41. The second kappa shape index (κ2) is 12.4. The van der Waals surface area contributed by atoms with E-state index in [4.69, 9.17) is 25.7 Å². The lowest BCUT2D eigenvalue weighted by atomic mass is 9.77. The lowest BCUT2D eigenvalue weighted by Gasteiger charge is -2.35. The number of carbonyl (C=O) groups excluding carboxylic acids is 1. The van der Waals surface area contributed by atoms with Crippen molar-refractivity contribution < 1.29 is 9.53 Å². The van der Waals surface area contributed by atoms with Gasteiger partial charge >= 0.3 is 0 Å². The van der Waals surface area contributed by atoms with Gasteiger partial charge in [0.2, 0.25) is 5.91 Å².